The molecule has 130 valence electrons. The van der Waals surface area contributed by atoms with Crippen molar-refractivity contribution < 1.29 is 4.79 Å². The first kappa shape index (κ1) is 16.2. The number of nitrogens with zero attached hydrogens (tertiary/aromatic N) is 1. The SMILES string of the molecule is O=C(N[C@H]1CCCc2ccccc2C1)c1cccc(N2CCCC2)c1. The average Bonchev–Trinajstić information content (AvgIpc) is 3.10. The Bertz CT molecular complexity index is 749. The van der Waals surface area contributed by atoms with Gasteiger partial charge in [-0.25, -0.2) is 0 Å². The minimum absolute atomic E-state index is 0.0606. The molecule has 0 aromatic heterocycles. The van der Waals surface area contributed by atoms with Crippen LogP contribution in [0.15, 0.2) is 48.5 Å². The molecule has 3 heteroatoms. The van der Waals surface area contributed by atoms with Gasteiger partial charge in [0.1, 0.15) is 0 Å². The molecule has 25 heavy (non-hydrogen) atoms. The van der Waals surface area contributed by atoms with Gasteiger partial charge in [0, 0.05) is 30.4 Å². The second-order valence-electron chi connectivity index (χ2n) is 7.28. The molecule has 1 fully saturated rings. The summed E-state index contributed by atoms with van der Waals surface area (Å²) in [5, 5.41) is 3.28. The predicted octanol–water partition coefficient (Wildman–Crippen LogP) is 3.96. The Hall–Kier alpha value is -2.29. The van der Waals surface area contributed by atoms with Crippen LogP contribution in [0.3, 0.4) is 0 Å². The maximum absolute atomic E-state index is 12.8. The number of aryl methyl sites for hydroxylation is 1. The van der Waals surface area contributed by atoms with Crippen molar-refractivity contribution in [1.82, 2.24) is 5.32 Å². The van der Waals surface area contributed by atoms with Crippen LogP contribution in [0.2, 0.25) is 0 Å². The highest BCUT2D eigenvalue weighted by atomic mass is 16.1. The van der Waals surface area contributed by atoms with Gasteiger partial charge in [-0.2, -0.15) is 0 Å². The van der Waals surface area contributed by atoms with E-state index in [0.29, 0.717) is 0 Å². The fourth-order valence-electron chi connectivity index (χ4n) is 4.12. The van der Waals surface area contributed by atoms with Gasteiger partial charge in [-0.3, -0.25) is 4.79 Å². The summed E-state index contributed by atoms with van der Waals surface area (Å²) in [7, 11) is 0. The molecule has 0 saturated carbocycles. The molecule has 0 unspecified atom stereocenters. The van der Waals surface area contributed by atoms with Crippen LogP contribution in [0, 0.1) is 0 Å². The van der Waals surface area contributed by atoms with Gasteiger partial charge in [-0.15, -0.1) is 0 Å². The van der Waals surface area contributed by atoms with Crippen molar-refractivity contribution in [3.63, 3.8) is 0 Å². The van der Waals surface area contributed by atoms with Gasteiger partial charge in [0.05, 0.1) is 0 Å². The maximum Gasteiger partial charge on any atom is 0.251 e. The summed E-state index contributed by atoms with van der Waals surface area (Å²) in [5.74, 6) is 0.0606. The van der Waals surface area contributed by atoms with Crippen molar-refractivity contribution in [3.8, 4) is 0 Å². The van der Waals surface area contributed by atoms with E-state index < -0.39 is 0 Å². The molecule has 1 aliphatic carbocycles. The number of hydrogen-bond acceptors (Lipinski definition) is 2. The van der Waals surface area contributed by atoms with Crippen molar-refractivity contribution in [2.24, 2.45) is 0 Å². The zero-order chi connectivity index (χ0) is 17.1. The van der Waals surface area contributed by atoms with Crippen molar-refractivity contribution in [2.45, 2.75) is 44.6 Å². The van der Waals surface area contributed by atoms with Gasteiger partial charge in [0.15, 0.2) is 0 Å². The van der Waals surface area contributed by atoms with Crippen LogP contribution in [-0.2, 0) is 12.8 Å². The molecule has 2 aliphatic rings. The Labute approximate surface area is 150 Å². The largest absolute Gasteiger partial charge is 0.372 e. The molecule has 1 atom stereocenters. The van der Waals surface area contributed by atoms with Crippen LogP contribution in [0.5, 0.6) is 0 Å². The van der Waals surface area contributed by atoms with Crippen LogP contribution in [0.1, 0.15) is 47.2 Å². The summed E-state index contributed by atoms with van der Waals surface area (Å²) >= 11 is 0. The summed E-state index contributed by atoms with van der Waals surface area (Å²) in [6, 6.07) is 17.0. The van der Waals surface area contributed by atoms with Crippen LogP contribution in [-0.4, -0.2) is 25.0 Å². The van der Waals surface area contributed by atoms with Crippen molar-refractivity contribution in [3.05, 3.63) is 65.2 Å². The summed E-state index contributed by atoms with van der Waals surface area (Å²) in [5.41, 5.74) is 4.78. The third-order valence-corrected chi connectivity index (χ3v) is 5.50. The molecule has 0 spiro atoms. The second kappa shape index (κ2) is 7.30. The third-order valence-electron chi connectivity index (χ3n) is 5.50. The smallest absolute Gasteiger partial charge is 0.251 e. The fourth-order valence-corrected chi connectivity index (χ4v) is 4.12. The van der Waals surface area contributed by atoms with E-state index in [4.69, 9.17) is 0 Å². The Morgan fingerprint density at radius 1 is 0.960 bits per heavy atom. The van der Waals surface area contributed by atoms with E-state index in [2.05, 4.69) is 40.5 Å². The summed E-state index contributed by atoms with van der Waals surface area (Å²) < 4.78 is 0. The first-order valence-electron chi connectivity index (χ1n) is 9.52. The Morgan fingerprint density at radius 3 is 2.60 bits per heavy atom. The number of nitrogens with one attached hydrogen (secondary N) is 1. The maximum atomic E-state index is 12.8. The van der Waals surface area contributed by atoms with E-state index in [9.17, 15) is 4.79 Å². The van der Waals surface area contributed by atoms with Crippen molar-refractivity contribution >= 4 is 11.6 Å². The summed E-state index contributed by atoms with van der Waals surface area (Å²) in [6.07, 6.45) is 6.73. The van der Waals surface area contributed by atoms with Gasteiger partial charge in [-0.05, 0) is 67.9 Å². The van der Waals surface area contributed by atoms with Gasteiger partial charge in [-0.1, -0.05) is 30.3 Å². The molecule has 1 heterocycles. The summed E-state index contributed by atoms with van der Waals surface area (Å²) in [4.78, 5) is 15.1. The molecule has 2 aromatic carbocycles. The quantitative estimate of drug-likeness (QED) is 0.862. The molecular weight excluding hydrogens is 308 g/mol. The zero-order valence-electron chi connectivity index (χ0n) is 14.7. The highest BCUT2D eigenvalue weighted by Gasteiger charge is 2.20. The van der Waals surface area contributed by atoms with E-state index in [1.165, 1.54) is 29.7 Å². The molecule has 1 saturated heterocycles. The summed E-state index contributed by atoms with van der Waals surface area (Å²) in [6.45, 7) is 2.20. The number of anilines is 1. The first-order valence-corrected chi connectivity index (χ1v) is 9.52. The normalized spacial score (nSPS) is 20.0. The van der Waals surface area contributed by atoms with Crippen LogP contribution in [0.4, 0.5) is 5.69 Å². The van der Waals surface area contributed by atoms with Gasteiger partial charge in [0.2, 0.25) is 0 Å². The van der Waals surface area contributed by atoms with E-state index in [1.54, 1.807) is 0 Å². The van der Waals surface area contributed by atoms with E-state index in [0.717, 1.165) is 44.3 Å². The second-order valence-corrected chi connectivity index (χ2v) is 7.28. The van der Waals surface area contributed by atoms with Crippen molar-refractivity contribution in [1.29, 1.82) is 0 Å². The lowest BCUT2D eigenvalue weighted by Gasteiger charge is -2.20. The van der Waals surface area contributed by atoms with E-state index in [1.807, 2.05) is 18.2 Å². The van der Waals surface area contributed by atoms with Gasteiger partial charge >= 0.3 is 0 Å². The number of benzene rings is 2. The number of hydrogen-bond donors (Lipinski definition) is 1. The number of fused-ring (bicyclic) bond motifs is 1. The standard InChI is InChI=1S/C22H26N2O/c25-22(19-10-6-12-21(16-19)24-13-3-4-14-24)23-20-11-5-9-17-7-1-2-8-18(17)15-20/h1-2,6-8,10,12,16,20H,3-5,9,11,13-15H2,(H,23,25)/t20-/m0/s1. The molecule has 3 nitrogen and oxygen atoms in total. The highest BCUT2D eigenvalue weighted by Crippen LogP contribution is 2.23. The number of carbonyl (C=O) groups is 1. The monoisotopic (exact) mass is 334 g/mol. The minimum Gasteiger partial charge on any atom is -0.372 e. The minimum atomic E-state index is 0.0606. The topological polar surface area (TPSA) is 32.3 Å². The molecule has 1 amide bonds. The lowest BCUT2D eigenvalue weighted by atomic mass is 10.0. The van der Waals surface area contributed by atoms with Gasteiger partial charge < -0.3 is 10.2 Å². The van der Waals surface area contributed by atoms with E-state index in [-0.39, 0.29) is 11.9 Å². The molecule has 1 aliphatic heterocycles. The van der Waals surface area contributed by atoms with Crippen LogP contribution in [0.25, 0.3) is 0 Å². The Morgan fingerprint density at radius 2 is 1.76 bits per heavy atom. The number of carbonyl (C=O) groups excluding carboxylic acids is 1. The zero-order valence-corrected chi connectivity index (χ0v) is 14.7. The van der Waals surface area contributed by atoms with Crippen LogP contribution < -0.4 is 10.2 Å². The molecule has 2 aromatic rings. The third kappa shape index (κ3) is 3.71. The van der Waals surface area contributed by atoms with Crippen molar-refractivity contribution in [2.75, 3.05) is 18.0 Å². The lowest BCUT2D eigenvalue weighted by Crippen LogP contribution is -2.36. The first-order chi connectivity index (χ1) is 12.3. The number of rotatable bonds is 3. The predicted molar refractivity (Wildman–Crippen MR) is 102 cm³/mol. The van der Waals surface area contributed by atoms with Gasteiger partial charge in [0.25, 0.3) is 5.91 Å². The molecule has 0 bridgehead atoms. The fraction of sp³-hybridized carbons (Fsp3) is 0.409. The molecule has 4 rings (SSSR count). The Kier molecular flexibility index (Phi) is 4.73. The Balaban J connectivity index is 1.46. The molecule has 0 radical (unpaired) electrons. The van der Waals surface area contributed by atoms with Crippen LogP contribution >= 0.6 is 0 Å². The van der Waals surface area contributed by atoms with E-state index >= 15 is 0 Å². The molecular formula is C22H26N2O. The number of amides is 1. The lowest BCUT2D eigenvalue weighted by molar-refractivity contribution is 0.0935. The highest BCUT2D eigenvalue weighted by molar-refractivity contribution is 5.95. The molecule has 1 N–H and O–H groups in total. The average molecular weight is 334 g/mol.